The number of nitrogens with zero attached hydrogens (tertiary/aromatic N) is 3. The lowest BCUT2D eigenvalue weighted by Crippen LogP contribution is -2.08. The standard InChI is InChI=1S/C12H12ClN5O2/c1-14-11-10(18(19)20)12(17-7-16-11)15-6-8-2-4-9(13)5-3-8/h2-5,7H,6H2,1H3,(H2,14,15,16,17). The van der Waals surface area contributed by atoms with E-state index in [4.69, 9.17) is 11.6 Å². The third-order valence-electron chi connectivity index (χ3n) is 2.61. The molecule has 0 aliphatic rings. The normalized spacial score (nSPS) is 10.1. The zero-order valence-corrected chi connectivity index (χ0v) is 11.4. The minimum Gasteiger partial charge on any atom is -0.367 e. The minimum absolute atomic E-state index is 0.170. The van der Waals surface area contributed by atoms with Crippen molar-refractivity contribution in [1.29, 1.82) is 0 Å². The minimum atomic E-state index is -0.518. The molecule has 0 amide bonds. The van der Waals surface area contributed by atoms with E-state index in [9.17, 15) is 10.1 Å². The van der Waals surface area contributed by atoms with Gasteiger partial charge in [-0.1, -0.05) is 23.7 Å². The average molecular weight is 294 g/mol. The first kappa shape index (κ1) is 14.0. The van der Waals surface area contributed by atoms with Crippen LogP contribution in [0.15, 0.2) is 30.6 Å². The van der Waals surface area contributed by atoms with E-state index < -0.39 is 4.92 Å². The molecule has 0 fully saturated rings. The summed E-state index contributed by atoms with van der Waals surface area (Å²) in [6, 6.07) is 7.18. The summed E-state index contributed by atoms with van der Waals surface area (Å²) >= 11 is 5.80. The SMILES string of the molecule is CNc1ncnc(NCc2ccc(Cl)cc2)c1[N+](=O)[O-]. The van der Waals surface area contributed by atoms with Crippen LogP contribution in [0, 0.1) is 10.1 Å². The Bertz CT molecular complexity index is 618. The van der Waals surface area contributed by atoms with Gasteiger partial charge < -0.3 is 10.6 Å². The lowest BCUT2D eigenvalue weighted by Gasteiger charge is -2.08. The Labute approximate surface area is 120 Å². The van der Waals surface area contributed by atoms with E-state index in [-0.39, 0.29) is 17.3 Å². The summed E-state index contributed by atoms with van der Waals surface area (Å²) in [6.07, 6.45) is 1.27. The second-order valence-electron chi connectivity index (χ2n) is 3.91. The first-order valence-electron chi connectivity index (χ1n) is 5.77. The first-order valence-corrected chi connectivity index (χ1v) is 6.15. The molecule has 1 heterocycles. The molecule has 0 saturated heterocycles. The molecule has 2 aromatic rings. The highest BCUT2D eigenvalue weighted by molar-refractivity contribution is 6.30. The van der Waals surface area contributed by atoms with Crippen LogP contribution in [0.5, 0.6) is 0 Å². The van der Waals surface area contributed by atoms with E-state index in [1.807, 2.05) is 12.1 Å². The van der Waals surface area contributed by atoms with Crippen LogP contribution in [0.3, 0.4) is 0 Å². The number of rotatable bonds is 5. The van der Waals surface area contributed by atoms with Crippen molar-refractivity contribution in [2.24, 2.45) is 0 Å². The maximum absolute atomic E-state index is 11.1. The Hall–Kier alpha value is -2.41. The van der Waals surface area contributed by atoms with Crippen molar-refractivity contribution in [2.45, 2.75) is 6.54 Å². The van der Waals surface area contributed by atoms with E-state index in [1.54, 1.807) is 19.2 Å². The molecular formula is C12H12ClN5O2. The molecule has 104 valence electrons. The molecule has 1 aromatic carbocycles. The van der Waals surface area contributed by atoms with Crippen LogP contribution in [0.4, 0.5) is 17.3 Å². The monoisotopic (exact) mass is 293 g/mol. The number of hydrogen-bond acceptors (Lipinski definition) is 6. The molecule has 0 bridgehead atoms. The molecule has 0 radical (unpaired) electrons. The number of benzene rings is 1. The van der Waals surface area contributed by atoms with Gasteiger partial charge in [0.25, 0.3) is 0 Å². The Balaban J connectivity index is 2.21. The van der Waals surface area contributed by atoms with E-state index in [0.29, 0.717) is 11.6 Å². The predicted molar refractivity (Wildman–Crippen MR) is 77.0 cm³/mol. The van der Waals surface area contributed by atoms with Crippen molar-refractivity contribution < 1.29 is 4.92 Å². The maximum atomic E-state index is 11.1. The maximum Gasteiger partial charge on any atom is 0.353 e. The summed E-state index contributed by atoms with van der Waals surface area (Å²) in [6.45, 7) is 0.401. The van der Waals surface area contributed by atoms with Gasteiger partial charge in [0.1, 0.15) is 6.33 Å². The number of aromatic nitrogens is 2. The van der Waals surface area contributed by atoms with E-state index in [2.05, 4.69) is 20.6 Å². The molecule has 0 aliphatic heterocycles. The number of hydrogen-bond donors (Lipinski definition) is 2. The molecule has 0 spiro atoms. The highest BCUT2D eigenvalue weighted by Gasteiger charge is 2.21. The van der Waals surface area contributed by atoms with E-state index in [1.165, 1.54) is 6.33 Å². The van der Waals surface area contributed by atoms with Crippen molar-refractivity contribution in [2.75, 3.05) is 17.7 Å². The van der Waals surface area contributed by atoms with Crippen LogP contribution in [-0.2, 0) is 6.54 Å². The van der Waals surface area contributed by atoms with Gasteiger partial charge >= 0.3 is 5.69 Å². The number of halogens is 1. The quantitative estimate of drug-likeness (QED) is 0.650. The van der Waals surface area contributed by atoms with Crippen LogP contribution in [-0.4, -0.2) is 21.9 Å². The number of nitrogens with one attached hydrogen (secondary N) is 2. The zero-order chi connectivity index (χ0) is 14.5. The lowest BCUT2D eigenvalue weighted by molar-refractivity contribution is -0.383. The fraction of sp³-hybridized carbons (Fsp3) is 0.167. The molecule has 7 nitrogen and oxygen atoms in total. The number of nitro groups is 1. The summed E-state index contributed by atoms with van der Waals surface area (Å²) in [4.78, 5) is 18.3. The van der Waals surface area contributed by atoms with Gasteiger partial charge in [0, 0.05) is 18.6 Å². The van der Waals surface area contributed by atoms with Gasteiger partial charge in [-0.2, -0.15) is 0 Å². The van der Waals surface area contributed by atoms with Crippen molar-refractivity contribution in [3.63, 3.8) is 0 Å². The summed E-state index contributed by atoms with van der Waals surface area (Å²) < 4.78 is 0. The van der Waals surface area contributed by atoms with Crippen molar-refractivity contribution in [3.8, 4) is 0 Å². The lowest BCUT2D eigenvalue weighted by atomic mass is 10.2. The van der Waals surface area contributed by atoms with Crippen LogP contribution < -0.4 is 10.6 Å². The topological polar surface area (TPSA) is 93.0 Å². The third-order valence-corrected chi connectivity index (χ3v) is 2.87. The van der Waals surface area contributed by atoms with Crippen molar-refractivity contribution in [1.82, 2.24) is 9.97 Å². The van der Waals surface area contributed by atoms with Gasteiger partial charge in [0.05, 0.1) is 4.92 Å². The molecular weight excluding hydrogens is 282 g/mol. The third kappa shape index (κ3) is 3.12. The zero-order valence-electron chi connectivity index (χ0n) is 10.6. The van der Waals surface area contributed by atoms with Gasteiger partial charge in [-0.05, 0) is 17.7 Å². The second-order valence-corrected chi connectivity index (χ2v) is 4.34. The molecule has 20 heavy (non-hydrogen) atoms. The highest BCUT2D eigenvalue weighted by atomic mass is 35.5. The Morgan fingerprint density at radius 3 is 2.50 bits per heavy atom. The molecule has 0 saturated carbocycles. The molecule has 0 aliphatic carbocycles. The predicted octanol–water partition coefficient (Wildman–Crippen LogP) is 2.69. The largest absolute Gasteiger partial charge is 0.367 e. The Morgan fingerprint density at radius 2 is 1.90 bits per heavy atom. The molecule has 0 atom stereocenters. The summed E-state index contributed by atoms with van der Waals surface area (Å²) in [5, 5.41) is 17.3. The molecule has 0 unspecified atom stereocenters. The molecule has 1 aromatic heterocycles. The average Bonchev–Trinajstić information content (AvgIpc) is 2.46. The summed E-state index contributed by atoms with van der Waals surface area (Å²) in [5.41, 5.74) is 0.761. The Morgan fingerprint density at radius 1 is 1.25 bits per heavy atom. The van der Waals surface area contributed by atoms with Gasteiger partial charge in [0.2, 0.25) is 11.6 Å². The summed E-state index contributed by atoms with van der Waals surface area (Å²) in [7, 11) is 1.57. The fourth-order valence-corrected chi connectivity index (χ4v) is 1.78. The van der Waals surface area contributed by atoms with Gasteiger partial charge in [-0.3, -0.25) is 10.1 Å². The second kappa shape index (κ2) is 6.16. The van der Waals surface area contributed by atoms with Crippen molar-refractivity contribution in [3.05, 3.63) is 51.3 Å². The van der Waals surface area contributed by atoms with Gasteiger partial charge in [-0.25, -0.2) is 9.97 Å². The first-order chi connectivity index (χ1) is 9.61. The van der Waals surface area contributed by atoms with Crippen LogP contribution in [0.2, 0.25) is 5.02 Å². The number of anilines is 2. The van der Waals surface area contributed by atoms with E-state index >= 15 is 0 Å². The van der Waals surface area contributed by atoms with Crippen LogP contribution in [0.25, 0.3) is 0 Å². The smallest absolute Gasteiger partial charge is 0.353 e. The fourth-order valence-electron chi connectivity index (χ4n) is 1.65. The van der Waals surface area contributed by atoms with Crippen LogP contribution in [0.1, 0.15) is 5.56 Å². The highest BCUT2D eigenvalue weighted by Crippen LogP contribution is 2.28. The molecule has 2 rings (SSSR count). The molecule has 2 N–H and O–H groups in total. The molecule has 8 heteroatoms. The van der Waals surface area contributed by atoms with Crippen LogP contribution >= 0.6 is 11.6 Å². The Kier molecular flexibility index (Phi) is 4.31. The van der Waals surface area contributed by atoms with E-state index in [0.717, 1.165) is 5.56 Å². The van der Waals surface area contributed by atoms with Crippen molar-refractivity contribution >= 4 is 28.9 Å². The summed E-state index contributed by atoms with van der Waals surface area (Å²) in [5.74, 6) is 0.341. The van der Waals surface area contributed by atoms with Gasteiger partial charge in [0.15, 0.2) is 0 Å². The van der Waals surface area contributed by atoms with Gasteiger partial charge in [-0.15, -0.1) is 0 Å².